The van der Waals surface area contributed by atoms with Gasteiger partial charge in [-0.25, -0.2) is 9.18 Å². The zero-order valence-corrected chi connectivity index (χ0v) is 21.0. The Morgan fingerprint density at radius 2 is 2.05 bits per heavy atom. The summed E-state index contributed by atoms with van der Waals surface area (Å²) in [6.45, 7) is 2.15. The van der Waals surface area contributed by atoms with Crippen LogP contribution in [0.2, 0.25) is 0 Å². The summed E-state index contributed by atoms with van der Waals surface area (Å²) < 4.78 is 23.0. The largest absolute Gasteiger partial charge is 0.465 e. The molecule has 3 N–H and O–H groups in total. The van der Waals surface area contributed by atoms with E-state index in [4.69, 9.17) is 4.52 Å². The number of nitrogens with zero attached hydrogens (tertiary/aromatic N) is 2. The Labute approximate surface area is 218 Å². The Morgan fingerprint density at radius 3 is 2.66 bits per heavy atom. The van der Waals surface area contributed by atoms with Gasteiger partial charge >= 0.3 is 5.97 Å². The number of methoxy groups -OCH3 is 1. The fraction of sp³-hybridized carbons (Fsp3) is 0.385. The van der Waals surface area contributed by atoms with Crippen LogP contribution < -0.4 is 16.0 Å². The van der Waals surface area contributed by atoms with E-state index in [1.807, 2.05) is 0 Å². The second kappa shape index (κ2) is 13.1. The number of piperidine rings is 1. The summed E-state index contributed by atoms with van der Waals surface area (Å²) >= 11 is 0. The lowest BCUT2D eigenvalue weighted by Gasteiger charge is -2.27. The average Bonchev–Trinajstić information content (AvgIpc) is 3.35. The number of nitriles is 1. The first kappa shape index (κ1) is 28.0. The monoisotopic (exact) mass is 525 g/mol. The predicted octanol–water partition coefficient (Wildman–Crippen LogP) is 1.49. The van der Waals surface area contributed by atoms with E-state index in [1.54, 1.807) is 13.0 Å². The summed E-state index contributed by atoms with van der Waals surface area (Å²) in [4.78, 5) is 50.6. The number of aryl methyl sites for hydroxylation is 1. The zero-order valence-electron chi connectivity index (χ0n) is 21.0. The molecule has 1 fully saturated rings. The maximum atomic E-state index is 13.5. The van der Waals surface area contributed by atoms with Gasteiger partial charge in [-0.1, -0.05) is 17.3 Å². The Bertz CT molecular complexity index is 1250. The number of halogens is 1. The van der Waals surface area contributed by atoms with Gasteiger partial charge in [-0.05, 0) is 50.0 Å². The van der Waals surface area contributed by atoms with Gasteiger partial charge in [-0.2, -0.15) is 5.26 Å². The second-order valence-corrected chi connectivity index (χ2v) is 8.84. The van der Waals surface area contributed by atoms with Crippen LogP contribution in [0, 0.1) is 30.0 Å². The van der Waals surface area contributed by atoms with E-state index in [-0.39, 0.29) is 30.0 Å². The van der Waals surface area contributed by atoms with Crippen LogP contribution in [0.25, 0.3) is 0 Å². The van der Waals surface area contributed by atoms with Crippen molar-refractivity contribution in [1.82, 2.24) is 21.1 Å². The van der Waals surface area contributed by atoms with E-state index >= 15 is 0 Å². The predicted molar refractivity (Wildman–Crippen MR) is 131 cm³/mol. The molecule has 11 nitrogen and oxygen atoms in total. The molecule has 38 heavy (non-hydrogen) atoms. The Morgan fingerprint density at radius 1 is 1.32 bits per heavy atom. The van der Waals surface area contributed by atoms with Crippen LogP contribution in [0.15, 0.2) is 46.5 Å². The van der Waals surface area contributed by atoms with E-state index in [0.717, 1.165) is 13.5 Å². The third-order valence-corrected chi connectivity index (χ3v) is 5.99. The number of ether oxygens (including phenoxy) is 1. The van der Waals surface area contributed by atoms with E-state index in [0.29, 0.717) is 24.3 Å². The number of rotatable bonds is 10. The molecule has 0 bridgehead atoms. The molecule has 1 aliphatic rings. The number of carbonyl (C=O) groups excluding carboxylic acids is 4. The molecule has 0 spiro atoms. The minimum absolute atomic E-state index is 0.00283. The summed E-state index contributed by atoms with van der Waals surface area (Å²) in [7, 11) is 1.12. The fourth-order valence-electron chi connectivity index (χ4n) is 4.05. The van der Waals surface area contributed by atoms with Crippen molar-refractivity contribution in [2.45, 2.75) is 44.7 Å². The molecule has 0 aliphatic carbocycles. The van der Waals surface area contributed by atoms with E-state index in [9.17, 15) is 28.8 Å². The molecule has 2 aromatic rings. The van der Waals surface area contributed by atoms with Crippen LogP contribution in [0.3, 0.4) is 0 Å². The molecule has 1 aromatic heterocycles. The molecule has 0 saturated carbocycles. The Kier molecular flexibility index (Phi) is 9.70. The fourth-order valence-corrected chi connectivity index (χ4v) is 4.05. The van der Waals surface area contributed by atoms with Crippen LogP contribution in [0.1, 0.15) is 41.1 Å². The zero-order chi connectivity index (χ0) is 27.7. The molecule has 0 unspecified atom stereocenters. The summed E-state index contributed by atoms with van der Waals surface area (Å²) in [6, 6.07) is 6.53. The summed E-state index contributed by atoms with van der Waals surface area (Å²) in [6.07, 6.45) is 2.65. The maximum absolute atomic E-state index is 13.5. The molecule has 3 amide bonds. The van der Waals surface area contributed by atoms with Gasteiger partial charge in [0.1, 0.15) is 29.3 Å². The first-order valence-corrected chi connectivity index (χ1v) is 12.0. The van der Waals surface area contributed by atoms with Crippen LogP contribution in [0.5, 0.6) is 0 Å². The standard InChI is InChI=1S/C26H28FN5O6/c1-15-10-22(32-38-15)25(35)31-21(11-16-5-7-19(27)8-6-16)24(34)30-20(13-18(14-28)26(36)37-2)12-17-4-3-9-29-23(17)33/h5-8,10,13,17,20-21H,3-4,9,11-12H2,1-2H3,(H,29,33)(H,30,34)(H,31,35)/b18-13+/t17-,20-,21-/m0/s1. The summed E-state index contributed by atoms with van der Waals surface area (Å²) in [5.74, 6) is -2.93. The molecule has 200 valence electrons. The lowest BCUT2D eigenvalue weighted by molar-refractivity contribution is -0.135. The highest BCUT2D eigenvalue weighted by Gasteiger charge is 2.30. The normalized spacial score (nSPS) is 16.9. The van der Waals surface area contributed by atoms with Crippen molar-refractivity contribution in [3.63, 3.8) is 0 Å². The van der Waals surface area contributed by atoms with Crippen molar-refractivity contribution in [2.75, 3.05) is 13.7 Å². The van der Waals surface area contributed by atoms with Crippen molar-refractivity contribution in [2.24, 2.45) is 5.92 Å². The number of esters is 1. The van der Waals surface area contributed by atoms with E-state index in [1.165, 1.54) is 36.4 Å². The molecule has 1 aliphatic heterocycles. The minimum atomic E-state index is -1.15. The number of hydrogen-bond acceptors (Lipinski definition) is 8. The van der Waals surface area contributed by atoms with E-state index < -0.39 is 41.6 Å². The van der Waals surface area contributed by atoms with Gasteiger partial charge in [0.2, 0.25) is 11.8 Å². The number of benzene rings is 1. The summed E-state index contributed by atoms with van der Waals surface area (Å²) in [5, 5.41) is 21.2. The molecule has 3 atom stereocenters. The molecule has 0 radical (unpaired) electrons. The van der Waals surface area contributed by atoms with Gasteiger partial charge in [0, 0.05) is 31.0 Å². The molecular weight excluding hydrogens is 497 g/mol. The SMILES string of the molecule is COC(=O)/C(C#N)=C/[C@H](C[C@@H]1CCCNC1=O)NC(=O)[C@H](Cc1ccc(F)cc1)NC(=O)c1cc(C)on1. The highest BCUT2D eigenvalue weighted by molar-refractivity contribution is 5.96. The summed E-state index contributed by atoms with van der Waals surface area (Å²) in [5.41, 5.74) is 0.188. The first-order chi connectivity index (χ1) is 18.2. The van der Waals surface area contributed by atoms with Crippen molar-refractivity contribution < 1.29 is 32.8 Å². The van der Waals surface area contributed by atoms with Gasteiger partial charge in [0.25, 0.3) is 5.91 Å². The first-order valence-electron chi connectivity index (χ1n) is 12.0. The topological polar surface area (TPSA) is 163 Å². The Balaban J connectivity index is 1.87. The van der Waals surface area contributed by atoms with Gasteiger partial charge in [-0.3, -0.25) is 14.4 Å². The van der Waals surface area contributed by atoms with Gasteiger partial charge in [-0.15, -0.1) is 0 Å². The van der Waals surface area contributed by atoms with Gasteiger partial charge in [0.05, 0.1) is 7.11 Å². The lowest BCUT2D eigenvalue weighted by Crippen LogP contribution is -2.51. The Hall–Kier alpha value is -4.53. The van der Waals surface area contributed by atoms with Crippen molar-refractivity contribution in [3.8, 4) is 6.07 Å². The highest BCUT2D eigenvalue weighted by atomic mass is 19.1. The second-order valence-electron chi connectivity index (χ2n) is 8.84. The van der Waals surface area contributed by atoms with Crippen LogP contribution >= 0.6 is 0 Å². The number of nitrogens with one attached hydrogen (secondary N) is 3. The number of carbonyl (C=O) groups is 4. The van der Waals surface area contributed by atoms with Crippen molar-refractivity contribution in [3.05, 3.63) is 64.8 Å². The number of amides is 3. The van der Waals surface area contributed by atoms with Gasteiger partial charge in [0.15, 0.2) is 5.69 Å². The van der Waals surface area contributed by atoms with Crippen molar-refractivity contribution >= 4 is 23.7 Å². The number of hydrogen-bond donors (Lipinski definition) is 3. The minimum Gasteiger partial charge on any atom is -0.465 e. The molecule has 2 heterocycles. The average molecular weight is 526 g/mol. The molecule has 1 saturated heterocycles. The smallest absolute Gasteiger partial charge is 0.348 e. The van der Waals surface area contributed by atoms with Crippen molar-refractivity contribution in [1.29, 1.82) is 5.26 Å². The maximum Gasteiger partial charge on any atom is 0.348 e. The highest BCUT2D eigenvalue weighted by Crippen LogP contribution is 2.19. The third-order valence-electron chi connectivity index (χ3n) is 5.99. The van der Waals surface area contributed by atoms with Crippen LogP contribution in [-0.4, -0.2) is 54.6 Å². The van der Waals surface area contributed by atoms with Crippen LogP contribution in [-0.2, 0) is 25.5 Å². The van der Waals surface area contributed by atoms with Gasteiger partial charge < -0.3 is 25.2 Å². The number of aromatic nitrogens is 1. The van der Waals surface area contributed by atoms with Crippen LogP contribution in [0.4, 0.5) is 4.39 Å². The van der Waals surface area contributed by atoms with E-state index in [2.05, 4.69) is 25.8 Å². The molecule has 12 heteroatoms. The molecular formula is C26H28FN5O6. The molecule has 1 aromatic carbocycles. The molecule has 3 rings (SSSR count). The lowest BCUT2D eigenvalue weighted by atomic mass is 9.90. The third kappa shape index (κ3) is 7.73. The quantitative estimate of drug-likeness (QED) is 0.239.